The topological polar surface area (TPSA) is 194 Å². The lowest BCUT2D eigenvalue weighted by Gasteiger charge is -2.09. The van der Waals surface area contributed by atoms with Crippen molar-refractivity contribution in [3.05, 3.63) is 30.3 Å². The Balaban J connectivity index is 0. The highest BCUT2D eigenvalue weighted by atomic mass is 17.0. The molecule has 13 nitrogen and oxygen atoms in total. The van der Waals surface area contributed by atoms with Crippen LogP contribution in [-0.2, 0) is 9.68 Å². The van der Waals surface area contributed by atoms with Crippen LogP contribution in [-0.4, -0.2) is 39.7 Å². The standard InChI is InChI=1S/C3H7N3O6.HNO3/c4-1-3(12-6(9)10)2-11-5(7)8;2-1(3)4/h3H,1-2,4H2;(H,2,3,4). The maximum Gasteiger partial charge on any atom is 0.294 e. The highest BCUT2D eigenvalue weighted by Crippen LogP contribution is 1.91. The molecule has 3 N–H and O–H groups in total. The minimum Gasteiger partial charge on any atom is -0.328 e. The van der Waals surface area contributed by atoms with Crippen molar-refractivity contribution < 1.29 is 30.1 Å². The van der Waals surface area contributed by atoms with Gasteiger partial charge in [0.1, 0.15) is 12.7 Å². The van der Waals surface area contributed by atoms with Crippen molar-refractivity contribution >= 4 is 0 Å². The zero-order chi connectivity index (χ0) is 13.1. The third-order valence-electron chi connectivity index (χ3n) is 0.864. The van der Waals surface area contributed by atoms with Gasteiger partial charge in [0.05, 0.1) is 0 Å². The van der Waals surface area contributed by atoms with Crippen molar-refractivity contribution in [2.45, 2.75) is 6.10 Å². The summed E-state index contributed by atoms with van der Waals surface area (Å²) < 4.78 is 0. The molecule has 0 aliphatic rings. The Morgan fingerprint density at radius 1 is 1.19 bits per heavy atom. The smallest absolute Gasteiger partial charge is 0.294 e. The maximum absolute atomic E-state index is 9.72. The second kappa shape index (κ2) is 9.13. The number of hydrogen-bond acceptors (Lipinski definition) is 9. The van der Waals surface area contributed by atoms with E-state index in [0.717, 1.165) is 0 Å². The van der Waals surface area contributed by atoms with E-state index in [2.05, 4.69) is 9.68 Å². The lowest BCUT2D eigenvalue weighted by Crippen LogP contribution is -2.31. The number of hydrogen-bond donors (Lipinski definition) is 2. The van der Waals surface area contributed by atoms with Gasteiger partial charge in [0.25, 0.3) is 15.3 Å². The minimum absolute atomic E-state index is 0.227. The van der Waals surface area contributed by atoms with Crippen molar-refractivity contribution in [2.75, 3.05) is 13.2 Å². The Labute approximate surface area is 86.7 Å². The van der Waals surface area contributed by atoms with Crippen LogP contribution in [0, 0.1) is 30.3 Å². The molecule has 0 saturated carbocycles. The number of nitrogens with two attached hydrogens (primary N) is 1. The first kappa shape index (κ1) is 16.0. The summed E-state index contributed by atoms with van der Waals surface area (Å²) in [5.41, 5.74) is 4.98. The first-order chi connectivity index (χ1) is 7.29. The summed E-state index contributed by atoms with van der Waals surface area (Å²) in [5, 5.41) is 30.8. The van der Waals surface area contributed by atoms with Gasteiger partial charge in [-0.05, 0) is 0 Å². The molecule has 0 spiro atoms. The van der Waals surface area contributed by atoms with E-state index >= 15 is 0 Å². The van der Waals surface area contributed by atoms with E-state index in [4.69, 9.17) is 21.1 Å². The molecule has 16 heavy (non-hydrogen) atoms. The monoisotopic (exact) mass is 244 g/mol. The molecule has 0 amide bonds. The molecule has 13 heteroatoms. The molecule has 0 aromatic rings. The Morgan fingerprint density at radius 3 is 1.88 bits per heavy atom. The molecule has 0 saturated heterocycles. The summed E-state index contributed by atoms with van der Waals surface area (Å²) in [6.07, 6.45) is -1.11. The van der Waals surface area contributed by atoms with Crippen molar-refractivity contribution in [3.8, 4) is 0 Å². The lowest BCUT2D eigenvalue weighted by atomic mass is 10.4. The third-order valence-corrected chi connectivity index (χ3v) is 0.864. The second-order valence-corrected chi connectivity index (χ2v) is 1.94. The van der Waals surface area contributed by atoms with Crippen LogP contribution < -0.4 is 5.73 Å². The third kappa shape index (κ3) is 17.6. The van der Waals surface area contributed by atoms with Crippen LogP contribution in [0.4, 0.5) is 0 Å². The summed E-state index contributed by atoms with van der Waals surface area (Å²) in [4.78, 5) is 35.4. The molecule has 0 bridgehead atoms. The van der Waals surface area contributed by atoms with Crippen LogP contribution in [0.2, 0.25) is 0 Å². The van der Waals surface area contributed by atoms with Gasteiger partial charge in [0.2, 0.25) is 0 Å². The Morgan fingerprint density at radius 2 is 1.62 bits per heavy atom. The highest BCUT2D eigenvalue weighted by molar-refractivity contribution is 4.52. The van der Waals surface area contributed by atoms with E-state index in [1.807, 2.05) is 0 Å². The van der Waals surface area contributed by atoms with Crippen molar-refractivity contribution in [1.29, 1.82) is 0 Å². The van der Waals surface area contributed by atoms with Gasteiger partial charge >= 0.3 is 0 Å². The van der Waals surface area contributed by atoms with Crippen molar-refractivity contribution in [2.24, 2.45) is 5.73 Å². The predicted octanol–water partition coefficient (Wildman–Crippen LogP) is -1.62. The fourth-order valence-corrected chi connectivity index (χ4v) is 0.407. The quantitative estimate of drug-likeness (QED) is 0.404. The summed E-state index contributed by atoms with van der Waals surface area (Å²) >= 11 is 0. The summed E-state index contributed by atoms with van der Waals surface area (Å²) in [5.74, 6) is 0. The van der Waals surface area contributed by atoms with Crippen LogP contribution in [0.1, 0.15) is 0 Å². The highest BCUT2D eigenvalue weighted by Gasteiger charge is 2.12. The fraction of sp³-hybridized carbons (Fsp3) is 1.00. The van der Waals surface area contributed by atoms with Crippen molar-refractivity contribution in [3.63, 3.8) is 0 Å². The van der Waals surface area contributed by atoms with E-state index in [-0.39, 0.29) is 6.54 Å². The van der Waals surface area contributed by atoms with Crippen LogP contribution in [0.5, 0.6) is 0 Å². The van der Waals surface area contributed by atoms with Gasteiger partial charge in [-0.15, -0.1) is 30.3 Å². The lowest BCUT2D eigenvalue weighted by molar-refractivity contribution is -0.789. The molecule has 1 unspecified atom stereocenters. The van der Waals surface area contributed by atoms with Crippen molar-refractivity contribution in [1.82, 2.24) is 0 Å². The van der Waals surface area contributed by atoms with Gasteiger partial charge in [0.15, 0.2) is 0 Å². The molecular formula is C3H8N4O9. The first-order valence-electron chi connectivity index (χ1n) is 3.41. The van der Waals surface area contributed by atoms with Crippen LogP contribution in [0.15, 0.2) is 0 Å². The molecule has 0 aliphatic heterocycles. The molecule has 0 fully saturated rings. The molecule has 94 valence electrons. The van der Waals surface area contributed by atoms with Gasteiger partial charge in [-0.3, -0.25) is 0 Å². The number of nitrogens with zero attached hydrogens (tertiary/aromatic N) is 3. The average molecular weight is 244 g/mol. The van der Waals surface area contributed by atoms with Crippen LogP contribution in [0.25, 0.3) is 0 Å². The Bertz CT molecular complexity index is 239. The number of rotatable bonds is 6. The first-order valence-corrected chi connectivity index (χ1v) is 3.41. The SMILES string of the molecule is NCC(CO[N+](=O)[O-])O[N+](=O)[O-].O=[N+]([O-])O. The van der Waals surface area contributed by atoms with E-state index in [1.54, 1.807) is 0 Å². The molecule has 0 radical (unpaired) electrons. The predicted molar refractivity (Wildman–Crippen MR) is 42.6 cm³/mol. The maximum atomic E-state index is 9.72. The van der Waals surface area contributed by atoms with Gasteiger partial charge in [-0.25, -0.2) is 0 Å². The second-order valence-electron chi connectivity index (χ2n) is 1.94. The van der Waals surface area contributed by atoms with Crippen LogP contribution in [0.3, 0.4) is 0 Å². The molecule has 1 atom stereocenters. The Kier molecular flexibility index (Phi) is 9.13. The zero-order valence-corrected chi connectivity index (χ0v) is 7.62. The van der Waals surface area contributed by atoms with Gasteiger partial charge in [-0.2, -0.15) is 0 Å². The average Bonchev–Trinajstić information content (AvgIpc) is 2.10. The summed E-state index contributed by atoms with van der Waals surface area (Å²) in [7, 11) is 0. The largest absolute Gasteiger partial charge is 0.328 e. The van der Waals surface area contributed by atoms with Gasteiger partial charge in [-0.1, -0.05) is 0 Å². The molecule has 0 aliphatic carbocycles. The molecule has 0 heterocycles. The van der Waals surface area contributed by atoms with E-state index in [9.17, 15) is 20.2 Å². The van der Waals surface area contributed by atoms with Gasteiger partial charge in [0, 0.05) is 6.54 Å². The van der Waals surface area contributed by atoms with E-state index < -0.39 is 28.0 Å². The Hall–Kier alpha value is -2.44. The van der Waals surface area contributed by atoms with E-state index in [1.165, 1.54) is 0 Å². The molecule has 0 rings (SSSR count). The molecule has 0 aromatic carbocycles. The van der Waals surface area contributed by atoms with Gasteiger partial charge < -0.3 is 20.6 Å². The molecular weight excluding hydrogens is 236 g/mol. The zero-order valence-electron chi connectivity index (χ0n) is 7.62. The summed E-state index contributed by atoms with van der Waals surface area (Å²) in [6, 6.07) is 0. The minimum atomic E-state index is -1.50. The molecule has 0 aromatic heterocycles. The normalized spacial score (nSPS) is 10.3. The summed E-state index contributed by atoms with van der Waals surface area (Å²) in [6.45, 7) is -0.778. The van der Waals surface area contributed by atoms with E-state index in [0.29, 0.717) is 0 Å². The fourth-order valence-electron chi connectivity index (χ4n) is 0.407. The van der Waals surface area contributed by atoms with Crippen LogP contribution >= 0.6 is 0 Å².